The van der Waals surface area contributed by atoms with E-state index in [9.17, 15) is 9.90 Å². The second-order valence-corrected chi connectivity index (χ2v) is 17.1. The Bertz CT molecular complexity index is 2810. The van der Waals surface area contributed by atoms with Crippen LogP contribution in [0, 0.1) is 0 Å². The summed E-state index contributed by atoms with van der Waals surface area (Å²) in [6.07, 6.45) is 12.4. The standard InChI is InChI=1S/C61H60N2O5/c1-4-6-8-10-38-66-57-34-24-49(25-35-57)47-20-30-55(31-21-47)63(56-32-22-48(23-33-56)50-26-36-58(37-27-50)67-39-11-9-7-5-2)54-28-18-46(19-29-54)45-14-16-51(17-15-45)60-42-52-13-12-44(41-59(52)68-60)40-53(43-62-3)61(64)65/h12-37,40-43H,4-11,38-39H2,1-3H3,(H,64,65)/b53-40-,62-43-. The van der Waals surface area contributed by atoms with Gasteiger partial charge in [-0.25, -0.2) is 4.79 Å². The van der Waals surface area contributed by atoms with E-state index in [1.54, 1.807) is 13.1 Å². The van der Waals surface area contributed by atoms with Crippen molar-refractivity contribution < 1.29 is 23.8 Å². The van der Waals surface area contributed by atoms with Crippen LogP contribution in [-0.4, -0.2) is 37.6 Å². The van der Waals surface area contributed by atoms with Crippen LogP contribution in [0.2, 0.25) is 0 Å². The van der Waals surface area contributed by atoms with E-state index in [1.165, 1.54) is 44.7 Å². The number of aliphatic carboxylic acids is 1. The quantitative estimate of drug-likeness (QED) is 0.0414. The molecule has 0 aliphatic rings. The van der Waals surface area contributed by atoms with Crippen LogP contribution in [-0.2, 0) is 4.79 Å². The van der Waals surface area contributed by atoms with Gasteiger partial charge in [0.1, 0.15) is 22.8 Å². The summed E-state index contributed by atoms with van der Waals surface area (Å²) in [4.78, 5) is 17.8. The number of aliphatic imine (C=N–C) groups is 1. The van der Waals surface area contributed by atoms with E-state index in [-0.39, 0.29) is 5.57 Å². The lowest BCUT2D eigenvalue weighted by atomic mass is 10.0. The molecule has 8 rings (SSSR count). The van der Waals surface area contributed by atoms with Crippen LogP contribution in [0.4, 0.5) is 17.1 Å². The van der Waals surface area contributed by atoms with Crippen molar-refractivity contribution in [1.29, 1.82) is 0 Å². The molecule has 0 atom stereocenters. The summed E-state index contributed by atoms with van der Waals surface area (Å²) in [5, 5.41) is 10.5. The fourth-order valence-corrected chi connectivity index (χ4v) is 8.36. The fourth-order valence-electron chi connectivity index (χ4n) is 8.36. The van der Waals surface area contributed by atoms with Gasteiger partial charge in [-0.05, 0) is 131 Å². The summed E-state index contributed by atoms with van der Waals surface area (Å²) in [6, 6.07) is 59.1. The zero-order chi connectivity index (χ0) is 47.1. The molecule has 8 aromatic rings. The number of anilines is 3. The molecule has 0 saturated heterocycles. The summed E-state index contributed by atoms with van der Waals surface area (Å²) in [6.45, 7) is 5.95. The molecule has 0 spiro atoms. The highest BCUT2D eigenvalue weighted by molar-refractivity contribution is 6.12. The number of carboxylic acid groups (broad SMARTS) is 1. The van der Waals surface area contributed by atoms with Crippen molar-refractivity contribution >= 4 is 46.3 Å². The zero-order valence-corrected chi connectivity index (χ0v) is 39.4. The summed E-state index contributed by atoms with van der Waals surface area (Å²) >= 11 is 0. The number of hydrogen-bond acceptors (Lipinski definition) is 6. The maximum absolute atomic E-state index is 11.6. The number of carboxylic acids is 1. The van der Waals surface area contributed by atoms with Crippen molar-refractivity contribution in [3.05, 3.63) is 181 Å². The van der Waals surface area contributed by atoms with Gasteiger partial charge in [-0.1, -0.05) is 149 Å². The van der Waals surface area contributed by atoms with Crippen LogP contribution >= 0.6 is 0 Å². The third kappa shape index (κ3) is 12.0. The highest BCUT2D eigenvalue weighted by Crippen LogP contribution is 2.39. The highest BCUT2D eigenvalue weighted by atomic mass is 16.5. The first-order valence-electron chi connectivity index (χ1n) is 24.0. The molecule has 0 unspecified atom stereocenters. The van der Waals surface area contributed by atoms with Gasteiger partial charge in [0.15, 0.2) is 0 Å². The highest BCUT2D eigenvalue weighted by Gasteiger charge is 2.15. The number of hydrogen-bond donors (Lipinski definition) is 1. The van der Waals surface area contributed by atoms with Gasteiger partial charge >= 0.3 is 5.97 Å². The summed E-state index contributed by atoms with van der Waals surface area (Å²) in [5.41, 5.74) is 12.4. The molecule has 0 fully saturated rings. The van der Waals surface area contributed by atoms with E-state index in [4.69, 9.17) is 13.9 Å². The molecule has 0 radical (unpaired) electrons. The smallest absolute Gasteiger partial charge is 0.337 e. The number of benzene rings is 7. The molecule has 0 bridgehead atoms. The van der Waals surface area contributed by atoms with Crippen molar-refractivity contribution in [3.63, 3.8) is 0 Å². The molecule has 1 aromatic heterocycles. The summed E-state index contributed by atoms with van der Waals surface area (Å²) < 4.78 is 18.3. The Morgan fingerprint density at radius 2 is 0.941 bits per heavy atom. The van der Waals surface area contributed by atoms with E-state index in [0.29, 0.717) is 5.58 Å². The molecule has 1 N–H and O–H groups in total. The largest absolute Gasteiger partial charge is 0.494 e. The monoisotopic (exact) mass is 900 g/mol. The van der Waals surface area contributed by atoms with E-state index in [0.717, 1.165) is 110 Å². The Hall–Kier alpha value is -7.64. The molecular formula is C61H60N2O5. The third-order valence-corrected chi connectivity index (χ3v) is 12.2. The molecule has 7 nitrogen and oxygen atoms in total. The maximum atomic E-state index is 11.6. The fraction of sp³-hybridized carbons (Fsp3) is 0.213. The van der Waals surface area contributed by atoms with Gasteiger partial charge in [-0.2, -0.15) is 0 Å². The summed E-state index contributed by atoms with van der Waals surface area (Å²) in [7, 11) is 1.55. The number of fused-ring (bicyclic) bond motifs is 1. The SMILES string of the molecule is CCCCCCOc1ccc(-c2ccc(N(c3ccc(-c4ccc(OCCCCCC)cc4)cc3)c3ccc(-c4ccc(-c5cc6ccc(/C=C(/C=N\C)C(=O)O)cc6o5)cc4)cc3)cc2)cc1. The number of unbranched alkanes of at least 4 members (excludes halogenated alkanes) is 6. The average molecular weight is 901 g/mol. The van der Waals surface area contributed by atoms with Gasteiger partial charge in [-0.15, -0.1) is 0 Å². The van der Waals surface area contributed by atoms with Gasteiger partial charge in [0.2, 0.25) is 0 Å². The van der Waals surface area contributed by atoms with Crippen LogP contribution in [0.1, 0.15) is 70.8 Å². The Kier molecular flexibility index (Phi) is 16.0. The molecule has 0 amide bonds. The maximum Gasteiger partial charge on any atom is 0.337 e. The van der Waals surface area contributed by atoms with Crippen molar-refractivity contribution in [2.24, 2.45) is 4.99 Å². The van der Waals surface area contributed by atoms with Crippen LogP contribution in [0.5, 0.6) is 11.5 Å². The van der Waals surface area contributed by atoms with Crippen LogP contribution in [0.3, 0.4) is 0 Å². The summed E-state index contributed by atoms with van der Waals surface area (Å²) in [5.74, 6) is 1.52. The normalized spacial score (nSPS) is 11.6. The predicted octanol–water partition coefficient (Wildman–Crippen LogP) is 16.7. The van der Waals surface area contributed by atoms with Gasteiger partial charge in [0, 0.05) is 41.3 Å². The second-order valence-electron chi connectivity index (χ2n) is 17.1. The zero-order valence-electron chi connectivity index (χ0n) is 39.4. The van der Waals surface area contributed by atoms with Gasteiger partial charge in [-0.3, -0.25) is 4.99 Å². The molecular weight excluding hydrogens is 841 g/mol. The van der Waals surface area contributed by atoms with E-state index in [2.05, 4.69) is 169 Å². The molecule has 344 valence electrons. The van der Waals surface area contributed by atoms with Gasteiger partial charge < -0.3 is 23.9 Å². The molecule has 0 saturated carbocycles. The number of nitrogens with zero attached hydrogens (tertiary/aromatic N) is 2. The van der Waals surface area contributed by atoms with E-state index in [1.807, 2.05) is 24.3 Å². The van der Waals surface area contributed by atoms with Crippen LogP contribution < -0.4 is 14.4 Å². The minimum atomic E-state index is -1.03. The lowest BCUT2D eigenvalue weighted by Gasteiger charge is -2.26. The Morgan fingerprint density at radius 1 is 0.529 bits per heavy atom. The number of ether oxygens (including phenoxy) is 2. The van der Waals surface area contributed by atoms with Crippen LogP contribution in [0.25, 0.3) is 61.7 Å². The minimum absolute atomic E-state index is 0.103. The first-order valence-corrected chi connectivity index (χ1v) is 24.0. The first kappa shape index (κ1) is 46.9. The Balaban J connectivity index is 1.02. The van der Waals surface area contributed by atoms with Crippen molar-refractivity contribution in [1.82, 2.24) is 0 Å². The first-order chi connectivity index (χ1) is 33.4. The molecule has 7 heteroatoms. The second kappa shape index (κ2) is 23.2. The van der Waals surface area contributed by atoms with E-state index >= 15 is 0 Å². The molecule has 68 heavy (non-hydrogen) atoms. The van der Waals surface area contributed by atoms with Crippen molar-refractivity contribution in [2.45, 2.75) is 65.2 Å². The lowest BCUT2D eigenvalue weighted by molar-refractivity contribution is -0.131. The molecule has 0 aliphatic carbocycles. The Labute approximate surface area is 401 Å². The molecule has 1 heterocycles. The van der Waals surface area contributed by atoms with Gasteiger partial charge in [0.05, 0.1) is 18.8 Å². The lowest BCUT2D eigenvalue weighted by Crippen LogP contribution is -2.09. The molecule has 0 aliphatic heterocycles. The number of carbonyl (C=O) groups is 1. The number of furan rings is 1. The predicted molar refractivity (Wildman–Crippen MR) is 282 cm³/mol. The van der Waals surface area contributed by atoms with Crippen LogP contribution in [0.15, 0.2) is 185 Å². The Morgan fingerprint density at radius 3 is 1.35 bits per heavy atom. The van der Waals surface area contributed by atoms with Crippen molar-refractivity contribution in [2.75, 3.05) is 25.2 Å². The topological polar surface area (TPSA) is 84.5 Å². The third-order valence-electron chi connectivity index (χ3n) is 12.2. The van der Waals surface area contributed by atoms with Crippen molar-refractivity contribution in [3.8, 4) is 56.2 Å². The van der Waals surface area contributed by atoms with E-state index < -0.39 is 5.97 Å². The molecule has 7 aromatic carbocycles. The van der Waals surface area contributed by atoms with Gasteiger partial charge in [0.25, 0.3) is 0 Å². The number of rotatable bonds is 22. The average Bonchev–Trinajstić information content (AvgIpc) is 3.81. The minimum Gasteiger partial charge on any atom is -0.494 e.